The number of H-pyrrole nitrogens is 1. The predicted octanol–water partition coefficient (Wildman–Crippen LogP) is 2.09. The van der Waals surface area contributed by atoms with Gasteiger partial charge in [0.05, 0.1) is 43.8 Å². The van der Waals surface area contributed by atoms with Crippen LogP contribution in [0, 0.1) is 0 Å². The average Bonchev–Trinajstić information content (AvgIpc) is 3.37. The van der Waals surface area contributed by atoms with Crippen molar-refractivity contribution >= 4 is 16.9 Å². The summed E-state index contributed by atoms with van der Waals surface area (Å²) in [5.41, 5.74) is 1.47. The van der Waals surface area contributed by atoms with E-state index in [0.29, 0.717) is 47.1 Å². The Hall–Kier alpha value is -4.09. The van der Waals surface area contributed by atoms with E-state index < -0.39 is 5.97 Å². The number of fused-ring (bicyclic) bond motifs is 1. The van der Waals surface area contributed by atoms with Crippen molar-refractivity contribution in [2.75, 3.05) is 40.4 Å². The molecule has 1 aliphatic rings. The number of hydrogen-bond acceptors (Lipinski definition) is 10. The molecule has 2 aromatic heterocycles. The van der Waals surface area contributed by atoms with Crippen molar-refractivity contribution in [1.82, 2.24) is 29.9 Å². The number of benzene rings is 2. The molecule has 0 radical (unpaired) electrons. The van der Waals surface area contributed by atoms with Gasteiger partial charge in [-0.25, -0.2) is 9.78 Å². The van der Waals surface area contributed by atoms with Crippen molar-refractivity contribution in [2.45, 2.75) is 13.1 Å². The van der Waals surface area contributed by atoms with Crippen molar-refractivity contribution in [3.05, 3.63) is 70.1 Å². The van der Waals surface area contributed by atoms with E-state index in [-0.39, 0.29) is 5.56 Å². The molecule has 11 heteroatoms. The van der Waals surface area contributed by atoms with E-state index in [1.807, 2.05) is 24.3 Å². The fourth-order valence-corrected chi connectivity index (χ4v) is 4.19. The minimum atomic E-state index is -0.464. The smallest absolute Gasteiger partial charge is 0.337 e. The van der Waals surface area contributed by atoms with E-state index in [0.717, 1.165) is 37.5 Å². The van der Waals surface area contributed by atoms with Crippen molar-refractivity contribution in [2.24, 2.45) is 0 Å². The second-order valence-electron chi connectivity index (χ2n) is 8.53. The van der Waals surface area contributed by atoms with Gasteiger partial charge in [0.1, 0.15) is 11.6 Å². The Morgan fingerprint density at radius 1 is 1.00 bits per heavy atom. The summed E-state index contributed by atoms with van der Waals surface area (Å²) >= 11 is 0. The molecule has 11 nitrogen and oxygen atoms in total. The highest BCUT2D eigenvalue weighted by atomic mass is 16.5. The van der Waals surface area contributed by atoms with E-state index in [2.05, 4.69) is 29.9 Å². The van der Waals surface area contributed by atoms with Gasteiger partial charge in [-0.2, -0.15) is 4.98 Å². The highest BCUT2D eigenvalue weighted by Crippen LogP contribution is 2.20. The van der Waals surface area contributed by atoms with E-state index in [4.69, 9.17) is 14.0 Å². The number of hydrogen-bond donors (Lipinski definition) is 1. The van der Waals surface area contributed by atoms with Crippen LogP contribution in [0.25, 0.3) is 22.3 Å². The van der Waals surface area contributed by atoms with Gasteiger partial charge in [-0.1, -0.05) is 5.16 Å². The molecule has 0 amide bonds. The Kier molecular flexibility index (Phi) is 6.74. The molecule has 5 rings (SSSR count). The lowest BCUT2D eigenvalue weighted by molar-refractivity contribution is 0.0601. The SMILES string of the molecule is COC(=O)c1ccc2c(=O)[nH]c(CN3CCN(Cc4nc(-c5ccc(OC)cc5)no4)CC3)nc2c1. The van der Waals surface area contributed by atoms with Gasteiger partial charge in [0.25, 0.3) is 5.56 Å². The van der Waals surface area contributed by atoms with Gasteiger partial charge < -0.3 is 19.0 Å². The quantitative estimate of drug-likeness (QED) is 0.385. The molecule has 0 atom stereocenters. The number of carbonyl (C=O) groups excluding carboxylic acids is 1. The lowest BCUT2D eigenvalue weighted by atomic mass is 10.1. The zero-order valence-electron chi connectivity index (χ0n) is 20.1. The second kappa shape index (κ2) is 10.3. The van der Waals surface area contributed by atoms with E-state index in [1.54, 1.807) is 25.3 Å². The Labute approximate surface area is 206 Å². The number of rotatable bonds is 7. The van der Waals surface area contributed by atoms with Crippen LogP contribution >= 0.6 is 0 Å². The maximum Gasteiger partial charge on any atom is 0.337 e. The number of piperazine rings is 1. The second-order valence-corrected chi connectivity index (χ2v) is 8.53. The molecule has 0 spiro atoms. The summed E-state index contributed by atoms with van der Waals surface area (Å²) in [6, 6.07) is 12.3. The number of esters is 1. The minimum absolute atomic E-state index is 0.228. The van der Waals surface area contributed by atoms with Crippen LogP contribution in [-0.2, 0) is 17.8 Å². The normalized spacial score (nSPS) is 14.7. The molecule has 186 valence electrons. The lowest BCUT2D eigenvalue weighted by Crippen LogP contribution is -2.45. The first-order valence-corrected chi connectivity index (χ1v) is 11.6. The summed E-state index contributed by atoms with van der Waals surface area (Å²) in [7, 11) is 2.95. The zero-order chi connectivity index (χ0) is 25.1. The number of aromatic amines is 1. The van der Waals surface area contributed by atoms with Crippen LogP contribution in [0.1, 0.15) is 22.1 Å². The van der Waals surface area contributed by atoms with Gasteiger partial charge in [-0.15, -0.1) is 0 Å². The van der Waals surface area contributed by atoms with Crippen molar-refractivity contribution in [3.8, 4) is 17.1 Å². The van der Waals surface area contributed by atoms with Crippen LogP contribution in [0.4, 0.5) is 0 Å². The highest BCUT2D eigenvalue weighted by Gasteiger charge is 2.21. The number of methoxy groups -OCH3 is 2. The Morgan fingerprint density at radius 2 is 1.72 bits per heavy atom. The van der Waals surface area contributed by atoms with Crippen LogP contribution in [0.2, 0.25) is 0 Å². The molecule has 4 aromatic rings. The summed E-state index contributed by atoms with van der Waals surface area (Å²) < 4.78 is 15.4. The topological polar surface area (TPSA) is 127 Å². The molecule has 1 fully saturated rings. The average molecular weight is 491 g/mol. The first-order chi connectivity index (χ1) is 17.5. The predicted molar refractivity (Wildman–Crippen MR) is 131 cm³/mol. The largest absolute Gasteiger partial charge is 0.497 e. The lowest BCUT2D eigenvalue weighted by Gasteiger charge is -2.33. The minimum Gasteiger partial charge on any atom is -0.497 e. The summed E-state index contributed by atoms with van der Waals surface area (Å²) in [5, 5.41) is 4.53. The summed E-state index contributed by atoms with van der Waals surface area (Å²) in [5.74, 6) is 1.98. The summed E-state index contributed by atoms with van der Waals surface area (Å²) in [6.45, 7) is 4.28. The third-order valence-corrected chi connectivity index (χ3v) is 6.19. The van der Waals surface area contributed by atoms with Gasteiger partial charge >= 0.3 is 5.97 Å². The van der Waals surface area contributed by atoms with Gasteiger partial charge in [0, 0.05) is 31.7 Å². The fraction of sp³-hybridized carbons (Fsp3) is 0.320. The first-order valence-electron chi connectivity index (χ1n) is 11.6. The maximum absolute atomic E-state index is 12.5. The Balaban J connectivity index is 1.19. The summed E-state index contributed by atoms with van der Waals surface area (Å²) in [4.78, 5) is 40.8. The summed E-state index contributed by atoms with van der Waals surface area (Å²) in [6.07, 6.45) is 0. The zero-order valence-corrected chi connectivity index (χ0v) is 20.1. The third-order valence-electron chi connectivity index (χ3n) is 6.19. The molecule has 0 unspecified atom stereocenters. The molecule has 3 heterocycles. The van der Waals surface area contributed by atoms with Crippen LogP contribution < -0.4 is 10.3 Å². The molecule has 1 saturated heterocycles. The number of nitrogens with zero attached hydrogens (tertiary/aromatic N) is 5. The number of nitrogens with one attached hydrogen (secondary N) is 1. The van der Waals surface area contributed by atoms with E-state index >= 15 is 0 Å². The molecule has 1 N–H and O–H groups in total. The number of aromatic nitrogens is 4. The maximum atomic E-state index is 12.5. The Bertz CT molecular complexity index is 1420. The number of carbonyl (C=O) groups is 1. The molecular weight excluding hydrogens is 464 g/mol. The van der Waals surface area contributed by atoms with E-state index in [1.165, 1.54) is 7.11 Å². The van der Waals surface area contributed by atoms with Crippen molar-refractivity contribution < 1.29 is 18.8 Å². The molecule has 1 aliphatic heterocycles. The van der Waals surface area contributed by atoms with Crippen LogP contribution in [0.5, 0.6) is 5.75 Å². The monoisotopic (exact) mass is 490 g/mol. The van der Waals surface area contributed by atoms with Gasteiger partial charge in [0.2, 0.25) is 11.7 Å². The van der Waals surface area contributed by atoms with Gasteiger partial charge in [-0.05, 0) is 42.5 Å². The van der Waals surface area contributed by atoms with Crippen molar-refractivity contribution in [1.29, 1.82) is 0 Å². The molecule has 0 aliphatic carbocycles. The number of ether oxygens (including phenoxy) is 2. The molecule has 0 bridgehead atoms. The highest BCUT2D eigenvalue weighted by molar-refractivity contribution is 5.93. The fourth-order valence-electron chi connectivity index (χ4n) is 4.19. The van der Waals surface area contributed by atoms with Gasteiger partial charge in [0.15, 0.2) is 0 Å². The van der Waals surface area contributed by atoms with Crippen molar-refractivity contribution in [3.63, 3.8) is 0 Å². The molecular formula is C25H26N6O5. The Morgan fingerprint density at radius 3 is 2.42 bits per heavy atom. The molecule has 2 aromatic carbocycles. The molecule has 36 heavy (non-hydrogen) atoms. The van der Waals surface area contributed by atoms with Gasteiger partial charge in [-0.3, -0.25) is 14.6 Å². The van der Waals surface area contributed by atoms with E-state index in [9.17, 15) is 9.59 Å². The van der Waals surface area contributed by atoms with Crippen LogP contribution in [0.3, 0.4) is 0 Å². The molecule has 0 saturated carbocycles. The first kappa shape index (κ1) is 23.6. The van der Waals surface area contributed by atoms with Crippen LogP contribution in [0.15, 0.2) is 51.8 Å². The van der Waals surface area contributed by atoms with Crippen LogP contribution in [-0.4, -0.2) is 76.3 Å². The third kappa shape index (κ3) is 5.11. The standard InChI is InChI=1S/C25H26N6O5/c1-34-18-6-3-16(4-7-18)23-28-22(36-29-23)15-31-11-9-30(10-12-31)14-21-26-20-13-17(25(33)35-2)5-8-19(20)24(32)27-21/h3-8,13H,9-12,14-15H2,1-2H3,(H,26,27,32).